The molecule has 0 N–H and O–H groups in total. The first-order valence-corrected chi connectivity index (χ1v) is 12.5. The van der Waals surface area contributed by atoms with E-state index in [0.29, 0.717) is 11.6 Å². The van der Waals surface area contributed by atoms with Gasteiger partial charge in [-0.3, -0.25) is 14.4 Å². The van der Waals surface area contributed by atoms with Crippen LogP contribution in [-0.2, 0) is 20.0 Å². The summed E-state index contributed by atoms with van der Waals surface area (Å²) < 4.78 is 7.11. The zero-order chi connectivity index (χ0) is 24.9. The van der Waals surface area contributed by atoms with Crippen molar-refractivity contribution in [1.29, 1.82) is 0 Å². The van der Waals surface area contributed by atoms with E-state index < -0.39 is 0 Å². The largest absolute Gasteiger partial charge is 0.496 e. The third-order valence-electron chi connectivity index (χ3n) is 7.37. The molecule has 6 heteroatoms. The lowest BCUT2D eigenvalue weighted by molar-refractivity contribution is 0.0575. The highest BCUT2D eigenvalue weighted by atomic mass is 16.5. The molecule has 1 amide bonds. The highest BCUT2D eigenvalue weighted by Crippen LogP contribution is 2.29. The van der Waals surface area contributed by atoms with Gasteiger partial charge in [0.25, 0.3) is 5.91 Å². The highest BCUT2D eigenvalue weighted by Gasteiger charge is 2.33. The van der Waals surface area contributed by atoms with E-state index in [1.165, 1.54) is 16.7 Å². The summed E-state index contributed by atoms with van der Waals surface area (Å²) in [6, 6.07) is 19.0. The number of likely N-dealkylation sites (N-methyl/N-ethyl adjacent to an activating group) is 1. The van der Waals surface area contributed by atoms with Crippen LogP contribution >= 0.6 is 0 Å². The Hall–Kier alpha value is -3.12. The molecule has 1 aliphatic rings. The third-order valence-corrected chi connectivity index (χ3v) is 7.37. The van der Waals surface area contributed by atoms with E-state index in [2.05, 4.69) is 59.4 Å². The number of piperidine rings is 1. The average Bonchev–Trinajstić information content (AvgIpc) is 3.20. The second kappa shape index (κ2) is 11.1. The lowest BCUT2D eigenvalue weighted by Crippen LogP contribution is -2.47. The Morgan fingerprint density at radius 3 is 2.40 bits per heavy atom. The zero-order valence-electron chi connectivity index (χ0n) is 21.7. The quantitative estimate of drug-likeness (QED) is 0.477. The van der Waals surface area contributed by atoms with Crippen LogP contribution in [0.25, 0.3) is 0 Å². The fourth-order valence-electron chi connectivity index (χ4n) is 5.41. The molecule has 0 radical (unpaired) electrons. The normalized spacial score (nSPS) is 15.7. The molecule has 0 bridgehead atoms. The molecule has 1 aliphatic heterocycles. The van der Waals surface area contributed by atoms with Crippen LogP contribution in [0.15, 0.2) is 54.6 Å². The topological polar surface area (TPSA) is 50.6 Å². The number of methoxy groups -OCH3 is 1. The number of carbonyl (C=O) groups is 1. The van der Waals surface area contributed by atoms with Crippen LogP contribution in [0.5, 0.6) is 5.75 Å². The van der Waals surface area contributed by atoms with Crippen molar-refractivity contribution in [3.8, 4) is 5.75 Å². The van der Waals surface area contributed by atoms with Crippen molar-refractivity contribution in [2.75, 3.05) is 27.2 Å². The molecule has 0 unspecified atom stereocenters. The number of amides is 1. The number of benzene rings is 2. The summed E-state index contributed by atoms with van der Waals surface area (Å²) in [5.41, 5.74) is 5.28. The van der Waals surface area contributed by atoms with E-state index in [1.54, 1.807) is 11.8 Å². The molecule has 186 valence electrons. The average molecular weight is 475 g/mol. The van der Waals surface area contributed by atoms with Crippen LogP contribution in [0.3, 0.4) is 0 Å². The minimum atomic E-state index is 0.0465. The maximum Gasteiger partial charge on any atom is 0.272 e. The molecule has 6 nitrogen and oxygen atoms in total. The molecule has 2 heterocycles. The molecule has 1 saturated heterocycles. The summed E-state index contributed by atoms with van der Waals surface area (Å²) in [4.78, 5) is 18.0. The van der Waals surface area contributed by atoms with Gasteiger partial charge in [-0.05, 0) is 80.9 Å². The van der Waals surface area contributed by atoms with Gasteiger partial charge < -0.3 is 9.64 Å². The summed E-state index contributed by atoms with van der Waals surface area (Å²) >= 11 is 0. The van der Waals surface area contributed by atoms with Gasteiger partial charge in [0.1, 0.15) is 11.4 Å². The van der Waals surface area contributed by atoms with Crippen LogP contribution < -0.4 is 4.74 Å². The van der Waals surface area contributed by atoms with E-state index >= 15 is 0 Å². The van der Waals surface area contributed by atoms with E-state index in [4.69, 9.17) is 4.74 Å². The molecule has 2 aromatic carbocycles. The number of aromatic nitrogens is 2. The summed E-state index contributed by atoms with van der Waals surface area (Å²) in [5.74, 6) is 1.44. The molecule has 0 aliphatic carbocycles. The Labute approximate surface area is 209 Å². The molecular formula is C29H38N4O2. The van der Waals surface area contributed by atoms with Crippen molar-refractivity contribution in [3.63, 3.8) is 0 Å². The second-order valence-corrected chi connectivity index (χ2v) is 9.89. The van der Waals surface area contributed by atoms with Crippen molar-refractivity contribution in [3.05, 3.63) is 82.7 Å². The van der Waals surface area contributed by atoms with Crippen LogP contribution in [0.2, 0.25) is 0 Å². The Morgan fingerprint density at radius 1 is 1.09 bits per heavy atom. The maximum absolute atomic E-state index is 13.5. The first-order chi connectivity index (χ1) is 16.9. The molecular weight excluding hydrogens is 436 g/mol. The van der Waals surface area contributed by atoms with E-state index in [-0.39, 0.29) is 11.9 Å². The van der Waals surface area contributed by atoms with Crippen LogP contribution in [0.4, 0.5) is 0 Å². The number of nitrogens with zero attached hydrogens (tertiary/aromatic N) is 4. The summed E-state index contributed by atoms with van der Waals surface area (Å²) in [7, 11) is 5.53. The monoisotopic (exact) mass is 474 g/mol. The van der Waals surface area contributed by atoms with E-state index in [0.717, 1.165) is 50.3 Å². The highest BCUT2D eigenvalue weighted by molar-refractivity contribution is 5.92. The van der Waals surface area contributed by atoms with Gasteiger partial charge in [0.15, 0.2) is 0 Å². The molecule has 3 aromatic rings. The van der Waals surface area contributed by atoms with Gasteiger partial charge in [0.2, 0.25) is 0 Å². The van der Waals surface area contributed by atoms with E-state index in [9.17, 15) is 4.79 Å². The van der Waals surface area contributed by atoms with Gasteiger partial charge in [-0.2, -0.15) is 5.10 Å². The van der Waals surface area contributed by atoms with Crippen LogP contribution in [0.1, 0.15) is 45.7 Å². The number of hydrogen-bond acceptors (Lipinski definition) is 4. The molecule has 0 spiro atoms. The predicted molar refractivity (Wildman–Crippen MR) is 140 cm³/mol. The molecule has 1 atom stereocenters. The number of aryl methyl sites for hydroxylation is 3. The molecule has 4 rings (SSSR count). The van der Waals surface area contributed by atoms with Gasteiger partial charge >= 0.3 is 0 Å². The summed E-state index contributed by atoms with van der Waals surface area (Å²) in [6.07, 6.45) is 3.02. The number of hydrogen-bond donors (Lipinski definition) is 0. The molecule has 1 aromatic heterocycles. The Balaban J connectivity index is 1.46. The standard InChI is InChI=1S/C29H38N4O2/c1-21-17-24(11-12-28(21)35-5)20-33-15-13-25(14-16-33)26(19-23-9-7-6-8-10-23)31(3)29(34)27-18-22(2)30-32(27)4/h6-12,17-18,25-26H,13-16,19-20H2,1-5H3/t26-/m1/s1. The summed E-state index contributed by atoms with van der Waals surface area (Å²) in [5, 5.41) is 4.39. The third kappa shape index (κ3) is 5.93. The fraction of sp³-hybridized carbons (Fsp3) is 0.448. The smallest absolute Gasteiger partial charge is 0.272 e. The van der Waals surface area contributed by atoms with Crippen molar-refractivity contribution < 1.29 is 9.53 Å². The second-order valence-electron chi connectivity index (χ2n) is 9.89. The van der Waals surface area contributed by atoms with Gasteiger partial charge in [-0.1, -0.05) is 42.5 Å². The van der Waals surface area contributed by atoms with Crippen LogP contribution in [0, 0.1) is 19.8 Å². The SMILES string of the molecule is COc1ccc(CN2CCC([C@@H](Cc3ccccc3)N(C)C(=O)c3cc(C)nn3C)CC2)cc1C. The van der Waals surface area contributed by atoms with Crippen molar-refractivity contribution in [2.24, 2.45) is 13.0 Å². The Morgan fingerprint density at radius 2 is 1.80 bits per heavy atom. The number of rotatable bonds is 8. The summed E-state index contributed by atoms with van der Waals surface area (Å²) in [6.45, 7) is 7.04. The first-order valence-electron chi connectivity index (χ1n) is 12.5. The van der Waals surface area contributed by atoms with Crippen molar-refractivity contribution in [1.82, 2.24) is 19.6 Å². The van der Waals surface area contributed by atoms with Gasteiger partial charge in [-0.25, -0.2) is 0 Å². The minimum absolute atomic E-state index is 0.0465. The number of ether oxygens (including phenoxy) is 1. The minimum Gasteiger partial charge on any atom is -0.496 e. The van der Waals surface area contributed by atoms with E-state index in [1.807, 2.05) is 38.1 Å². The lowest BCUT2D eigenvalue weighted by atomic mass is 9.84. The molecule has 1 fully saturated rings. The molecule has 35 heavy (non-hydrogen) atoms. The van der Waals surface area contributed by atoms with Gasteiger partial charge in [-0.15, -0.1) is 0 Å². The van der Waals surface area contributed by atoms with Crippen molar-refractivity contribution in [2.45, 2.75) is 45.7 Å². The Bertz CT molecular complexity index is 1130. The fourth-order valence-corrected chi connectivity index (χ4v) is 5.41. The van der Waals surface area contributed by atoms with Gasteiger partial charge in [0, 0.05) is 26.7 Å². The number of carbonyl (C=O) groups excluding carboxylic acids is 1. The maximum atomic E-state index is 13.5. The molecule has 0 saturated carbocycles. The predicted octanol–water partition coefficient (Wildman–Crippen LogP) is 4.64. The lowest BCUT2D eigenvalue weighted by Gasteiger charge is -2.40. The van der Waals surface area contributed by atoms with Crippen molar-refractivity contribution >= 4 is 5.91 Å². The van der Waals surface area contributed by atoms with Crippen LogP contribution in [-0.4, -0.2) is 58.8 Å². The van der Waals surface area contributed by atoms with Gasteiger partial charge in [0.05, 0.1) is 12.8 Å². The number of likely N-dealkylation sites (tertiary alicyclic amines) is 1. The first kappa shape index (κ1) is 25.0. The Kier molecular flexibility index (Phi) is 7.91. The zero-order valence-corrected chi connectivity index (χ0v) is 21.7.